The normalized spacial score (nSPS) is 11.1. The molecule has 0 amide bonds. The Morgan fingerprint density at radius 2 is 1.87 bits per heavy atom. The van der Waals surface area contributed by atoms with Crippen LogP contribution in [0.2, 0.25) is 0 Å². The fourth-order valence-electron chi connectivity index (χ4n) is 2.79. The number of rotatable bonds is 5. The third-order valence-electron chi connectivity index (χ3n) is 3.92. The number of fused-ring (bicyclic) bond motifs is 2. The van der Waals surface area contributed by atoms with Gasteiger partial charge in [0.25, 0.3) is 0 Å². The lowest BCUT2D eigenvalue weighted by Gasteiger charge is -2.09. The molecule has 0 aliphatic carbocycles. The molecule has 0 spiro atoms. The lowest BCUT2D eigenvalue weighted by Crippen LogP contribution is -2.08. The third kappa shape index (κ3) is 2.73. The van der Waals surface area contributed by atoms with Gasteiger partial charge < -0.3 is 5.32 Å². The van der Waals surface area contributed by atoms with Crippen LogP contribution in [0.3, 0.4) is 0 Å². The van der Waals surface area contributed by atoms with Gasteiger partial charge in [-0.3, -0.25) is 14.6 Å². The Bertz CT molecular complexity index is 939. The Kier molecular flexibility index (Phi) is 3.60. The Labute approximate surface area is 134 Å². The highest BCUT2D eigenvalue weighted by atomic mass is 15.3. The fourth-order valence-corrected chi connectivity index (χ4v) is 2.79. The van der Waals surface area contributed by atoms with Gasteiger partial charge in [-0.25, -0.2) is 0 Å². The van der Waals surface area contributed by atoms with Crippen LogP contribution in [0.4, 0.5) is 5.69 Å². The van der Waals surface area contributed by atoms with Crippen molar-refractivity contribution in [2.45, 2.75) is 13.0 Å². The summed E-state index contributed by atoms with van der Waals surface area (Å²) in [4.78, 5) is 8.69. The zero-order chi connectivity index (χ0) is 15.5. The maximum atomic E-state index is 4.45. The first-order valence-corrected chi connectivity index (χ1v) is 7.75. The number of para-hydroxylation sites is 1. The third-order valence-corrected chi connectivity index (χ3v) is 3.92. The van der Waals surface area contributed by atoms with E-state index in [1.807, 2.05) is 49.1 Å². The molecule has 1 aromatic carbocycles. The average Bonchev–Trinajstić information content (AvgIpc) is 3.02. The molecule has 0 aliphatic heterocycles. The Balaban J connectivity index is 1.42. The van der Waals surface area contributed by atoms with E-state index < -0.39 is 0 Å². The molecule has 0 radical (unpaired) electrons. The monoisotopic (exact) mass is 303 g/mol. The van der Waals surface area contributed by atoms with Crippen LogP contribution in [0.5, 0.6) is 0 Å². The summed E-state index contributed by atoms with van der Waals surface area (Å²) in [5.41, 5.74) is 3.13. The van der Waals surface area contributed by atoms with Crippen molar-refractivity contribution in [3.8, 4) is 0 Å². The molecule has 114 valence electrons. The molecule has 0 aliphatic rings. The van der Waals surface area contributed by atoms with E-state index in [-0.39, 0.29) is 0 Å². The zero-order valence-corrected chi connectivity index (χ0v) is 12.7. The molecular weight excluding hydrogens is 286 g/mol. The predicted molar refractivity (Wildman–Crippen MR) is 92.4 cm³/mol. The Morgan fingerprint density at radius 3 is 2.87 bits per heavy atom. The van der Waals surface area contributed by atoms with E-state index in [4.69, 9.17) is 0 Å². The summed E-state index contributed by atoms with van der Waals surface area (Å²) in [7, 11) is 0. The summed E-state index contributed by atoms with van der Waals surface area (Å²) in [5.74, 6) is 0. The molecular formula is C18H17N5. The fraction of sp³-hybridized carbons (Fsp3) is 0.167. The topological polar surface area (TPSA) is 55.6 Å². The molecule has 0 atom stereocenters. The smallest absolute Gasteiger partial charge is 0.0964 e. The van der Waals surface area contributed by atoms with Crippen molar-refractivity contribution < 1.29 is 0 Å². The first-order chi connectivity index (χ1) is 11.4. The van der Waals surface area contributed by atoms with Crippen LogP contribution in [-0.2, 0) is 6.54 Å². The molecule has 4 rings (SSSR count). The van der Waals surface area contributed by atoms with Crippen molar-refractivity contribution in [2.75, 3.05) is 11.9 Å². The largest absolute Gasteiger partial charge is 0.382 e. The van der Waals surface area contributed by atoms with Gasteiger partial charge in [-0.2, -0.15) is 5.10 Å². The number of benzene rings is 1. The van der Waals surface area contributed by atoms with E-state index >= 15 is 0 Å². The summed E-state index contributed by atoms with van der Waals surface area (Å²) in [6, 6.07) is 12.2. The van der Waals surface area contributed by atoms with Crippen molar-refractivity contribution >= 4 is 27.5 Å². The van der Waals surface area contributed by atoms with E-state index in [9.17, 15) is 0 Å². The number of anilines is 1. The lowest BCUT2D eigenvalue weighted by atomic mass is 10.2. The Morgan fingerprint density at radius 1 is 0.957 bits per heavy atom. The van der Waals surface area contributed by atoms with Gasteiger partial charge in [0.15, 0.2) is 0 Å². The van der Waals surface area contributed by atoms with Crippen LogP contribution in [-0.4, -0.2) is 26.3 Å². The molecule has 5 nitrogen and oxygen atoms in total. The van der Waals surface area contributed by atoms with E-state index in [1.165, 1.54) is 10.9 Å². The van der Waals surface area contributed by atoms with Gasteiger partial charge in [-0.15, -0.1) is 0 Å². The SMILES string of the molecule is c1cnc2c(NCCCn3ncc4ccccc43)cncc2c1. The molecule has 1 N–H and O–H groups in total. The summed E-state index contributed by atoms with van der Waals surface area (Å²) in [5, 5.41) is 10.1. The molecule has 0 bridgehead atoms. The first kappa shape index (κ1) is 13.7. The second-order valence-corrected chi connectivity index (χ2v) is 5.47. The highest BCUT2D eigenvalue weighted by Gasteiger charge is 2.03. The number of aryl methyl sites for hydroxylation is 1. The maximum absolute atomic E-state index is 4.45. The molecule has 4 aromatic rings. The molecule has 3 heterocycles. The summed E-state index contributed by atoms with van der Waals surface area (Å²) in [6.45, 7) is 1.73. The van der Waals surface area contributed by atoms with Gasteiger partial charge in [0.2, 0.25) is 0 Å². The van der Waals surface area contributed by atoms with Crippen molar-refractivity contribution in [3.05, 3.63) is 61.2 Å². The number of aromatic nitrogens is 4. The standard InChI is InChI=1S/C18H17N5/c1-2-7-17-14(5-1)12-22-23(17)10-4-9-20-16-13-19-11-15-6-3-8-21-18(15)16/h1-3,5-8,11-13,20H,4,9-10H2. The summed E-state index contributed by atoms with van der Waals surface area (Å²) < 4.78 is 2.05. The van der Waals surface area contributed by atoms with Crippen LogP contribution in [0.1, 0.15) is 6.42 Å². The second-order valence-electron chi connectivity index (χ2n) is 5.47. The number of nitrogens with zero attached hydrogens (tertiary/aromatic N) is 4. The van der Waals surface area contributed by atoms with Crippen LogP contribution in [0.25, 0.3) is 21.8 Å². The van der Waals surface area contributed by atoms with E-state index in [0.29, 0.717) is 0 Å². The molecule has 0 saturated heterocycles. The van der Waals surface area contributed by atoms with E-state index in [2.05, 4.69) is 37.2 Å². The lowest BCUT2D eigenvalue weighted by molar-refractivity contribution is 0.610. The molecule has 5 heteroatoms. The average molecular weight is 303 g/mol. The van der Waals surface area contributed by atoms with Gasteiger partial charge >= 0.3 is 0 Å². The minimum atomic E-state index is 0.853. The number of hydrogen-bond acceptors (Lipinski definition) is 4. The number of pyridine rings is 2. The second kappa shape index (κ2) is 6.04. The van der Waals surface area contributed by atoms with Crippen molar-refractivity contribution in [1.29, 1.82) is 0 Å². The van der Waals surface area contributed by atoms with Crippen LogP contribution < -0.4 is 5.32 Å². The first-order valence-electron chi connectivity index (χ1n) is 7.75. The molecule has 0 fully saturated rings. The van der Waals surface area contributed by atoms with E-state index in [1.54, 1.807) is 0 Å². The van der Waals surface area contributed by atoms with E-state index in [0.717, 1.165) is 36.1 Å². The quantitative estimate of drug-likeness (QED) is 0.573. The summed E-state index contributed by atoms with van der Waals surface area (Å²) >= 11 is 0. The Hall–Kier alpha value is -2.95. The maximum Gasteiger partial charge on any atom is 0.0964 e. The van der Waals surface area contributed by atoms with Crippen LogP contribution in [0, 0.1) is 0 Å². The molecule has 0 saturated carbocycles. The zero-order valence-electron chi connectivity index (χ0n) is 12.7. The molecule has 0 unspecified atom stereocenters. The number of hydrogen-bond donors (Lipinski definition) is 1. The van der Waals surface area contributed by atoms with Gasteiger partial charge in [-0.05, 0) is 24.6 Å². The van der Waals surface area contributed by atoms with Crippen molar-refractivity contribution in [3.63, 3.8) is 0 Å². The number of nitrogens with one attached hydrogen (secondary N) is 1. The minimum Gasteiger partial charge on any atom is -0.382 e. The minimum absolute atomic E-state index is 0.853. The predicted octanol–water partition coefficient (Wildman–Crippen LogP) is 3.48. The molecule has 3 aromatic heterocycles. The highest BCUT2D eigenvalue weighted by Crippen LogP contribution is 2.19. The van der Waals surface area contributed by atoms with Crippen molar-refractivity contribution in [2.24, 2.45) is 0 Å². The van der Waals surface area contributed by atoms with Crippen LogP contribution >= 0.6 is 0 Å². The summed E-state index contributed by atoms with van der Waals surface area (Å²) in [6.07, 6.45) is 8.38. The molecule has 23 heavy (non-hydrogen) atoms. The van der Waals surface area contributed by atoms with Crippen molar-refractivity contribution in [1.82, 2.24) is 19.7 Å². The highest BCUT2D eigenvalue weighted by molar-refractivity contribution is 5.88. The van der Waals surface area contributed by atoms with Crippen LogP contribution in [0.15, 0.2) is 61.2 Å². The van der Waals surface area contributed by atoms with Gasteiger partial charge in [0.1, 0.15) is 0 Å². The van der Waals surface area contributed by atoms with Gasteiger partial charge in [0, 0.05) is 36.3 Å². The van der Waals surface area contributed by atoms with Gasteiger partial charge in [0.05, 0.1) is 29.1 Å². The van der Waals surface area contributed by atoms with Gasteiger partial charge in [-0.1, -0.05) is 18.2 Å².